The molecule has 23 heavy (non-hydrogen) atoms. The molecule has 4 nitrogen and oxygen atoms in total. The molecule has 1 atom stereocenters. The highest BCUT2D eigenvalue weighted by Gasteiger charge is 2.34. The number of hydrogen-bond acceptors (Lipinski definition) is 3. The van der Waals surface area contributed by atoms with Crippen LogP contribution in [0.4, 0.5) is 0 Å². The van der Waals surface area contributed by atoms with Crippen LogP contribution in [-0.2, 0) is 4.79 Å². The Morgan fingerprint density at radius 3 is 2.35 bits per heavy atom. The lowest BCUT2D eigenvalue weighted by Crippen LogP contribution is -2.52. The van der Waals surface area contributed by atoms with E-state index in [-0.39, 0.29) is 18.1 Å². The van der Waals surface area contributed by atoms with Crippen molar-refractivity contribution in [2.45, 2.75) is 63.1 Å². The molecule has 1 aromatic carbocycles. The standard InChI is InChI=1S/C19H28N2O2/c1-21(15-6-5-7-15)19(22)18(20)14-10-12-17(13-11-14)23-16-8-3-2-4-9-16/h2-4,8-9,14-15,17-18H,5-7,10-13,20H2,1H3/t14?,17?,18-/m0/s1. The van der Waals surface area contributed by atoms with Crippen LogP contribution in [-0.4, -0.2) is 36.0 Å². The zero-order valence-electron chi connectivity index (χ0n) is 14.0. The molecular weight excluding hydrogens is 288 g/mol. The SMILES string of the molecule is CN(C(=O)[C@@H](N)C1CCC(Oc2ccccc2)CC1)C1CCC1. The lowest BCUT2D eigenvalue weighted by Gasteiger charge is -2.38. The number of benzene rings is 1. The minimum Gasteiger partial charge on any atom is -0.490 e. The van der Waals surface area contributed by atoms with Gasteiger partial charge in [-0.25, -0.2) is 0 Å². The number of likely N-dealkylation sites (N-methyl/N-ethyl adjacent to an activating group) is 1. The van der Waals surface area contributed by atoms with E-state index in [1.54, 1.807) is 0 Å². The monoisotopic (exact) mass is 316 g/mol. The molecule has 0 unspecified atom stereocenters. The molecular formula is C19H28N2O2. The van der Waals surface area contributed by atoms with Crippen LogP contribution in [0, 0.1) is 5.92 Å². The highest BCUT2D eigenvalue weighted by molar-refractivity contribution is 5.82. The van der Waals surface area contributed by atoms with Gasteiger partial charge in [-0.1, -0.05) is 18.2 Å². The summed E-state index contributed by atoms with van der Waals surface area (Å²) in [7, 11) is 1.91. The molecule has 3 rings (SSSR count). The van der Waals surface area contributed by atoms with Crippen LogP contribution in [0.3, 0.4) is 0 Å². The molecule has 0 spiro atoms. The molecule has 2 N–H and O–H groups in total. The Balaban J connectivity index is 1.47. The fraction of sp³-hybridized carbons (Fsp3) is 0.632. The summed E-state index contributed by atoms with van der Waals surface area (Å²) in [4.78, 5) is 14.4. The molecule has 0 aliphatic heterocycles. The van der Waals surface area contributed by atoms with E-state index in [1.165, 1.54) is 6.42 Å². The minimum atomic E-state index is -0.349. The maximum atomic E-state index is 12.5. The van der Waals surface area contributed by atoms with Crippen LogP contribution >= 0.6 is 0 Å². The van der Waals surface area contributed by atoms with E-state index in [4.69, 9.17) is 10.5 Å². The van der Waals surface area contributed by atoms with E-state index >= 15 is 0 Å². The van der Waals surface area contributed by atoms with Crippen molar-refractivity contribution in [2.24, 2.45) is 11.7 Å². The van der Waals surface area contributed by atoms with E-state index in [9.17, 15) is 4.79 Å². The van der Waals surface area contributed by atoms with Crippen molar-refractivity contribution in [2.75, 3.05) is 7.05 Å². The number of nitrogens with zero attached hydrogens (tertiary/aromatic N) is 1. The van der Waals surface area contributed by atoms with Crippen LogP contribution in [0.2, 0.25) is 0 Å². The smallest absolute Gasteiger partial charge is 0.239 e. The van der Waals surface area contributed by atoms with Gasteiger partial charge in [0.05, 0.1) is 12.1 Å². The van der Waals surface area contributed by atoms with Crippen molar-refractivity contribution in [3.8, 4) is 5.75 Å². The van der Waals surface area contributed by atoms with Crippen LogP contribution in [0.1, 0.15) is 44.9 Å². The fourth-order valence-electron chi connectivity index (χ4n) is 3.65. The average Bonchev–Trinajstić information content (AvgIpc) is 2.53. The molecule has 1 aromatic rings. The van der Waals surface area contributed by atoms with Gasteiger partial charge < -0.3 is 15.4 Å². The summed E-state index contributed by atoms with van der Waals surface area (Å²) >= 11 is 0. The van der Waals surface area contributed by atoms with Crippen LogP contribution in [0.25, 0.3) is 0 Å². The molecule has 2 saturated carbocycles. The number of carbonyl (C=O) groups is 1. The normalized spacial score (nSPS) is 26.2. The number of hydrogen-bond donors (Lipinski definition) is 1. The molecule has 4 heteroatoms. The second-order valence-electron chi connectivity index (χ2n) is 7.03. The van der Waals surface area contributed by atoms with Gasteiger partial charge in [0, 0.05) is 13.1 Å². The highest BCUT2D eigenvalue weighted by Crippen LogP contribution is 2.31. The zero-order valence-corrected chi connectivity index (χ0v) is 14.0. The van der Waals surface area contributed by atoms with Gasteiger partial charge >= 0.3 is 0 Å². The predicted molar refractivity (Wildman–Crippen MR) is 91.2 cm³/mol. The summed E-state index contributed by atoms with van der Waals surface area (Å²) < 4.78 is 6.02. The van der Waals surface area contributed by atoms with E-state index in [1.807, 2.05) is 42.3 Å². The molecule has 126 valence electrons. The van der Waals surface area contributed by atoms with Gasteiger partial charge in [0.1, 0.15) is 5.75 Å². The van der Waals surface area contributed by atoms with Crippen molar-refractivity contribution < 1.29 is 9.53 Å². The van der Waals surface area contributed by atoms with Gasteiger partial charge in [-0.15, -0.1) is 0 Å². The summed E-state index contributed by atoms with van der Waals surface area (Å²) in [6.45, 7) is 0. The Hall–Kier alpha value is -1.55. The molecule has 2 aliphatic carbocycles. The third kappa shape index (κ3) is 3.86. The summed E-state index contributed by atoms with van der Waals surface area (Å²) in [6.07, 6.45) is 7.66. The van der Waals surface area contributed by atoms with Gasteiger partial charge in [-0.3, -0.25) is 4.79 Å². The van der Waals surface area contributed by atoms with Gasteiger partial charge in [0.15, 0.2) is 0 Å². The Morgan fingerprint density at radius 1 is 1.13 bits per heavy atom. The first kappa shape index (κ1) is 16.3. The molecule has 0 aromatic heterocycles. The Bertz CT molecular complexity index is 507. The lowest BCUT2D eigenvalue weighted by molar-refractivity contribution is -0.136. The Kier molecular flexibility index (Phi) is 5.21. The summed E-state index contributed by atoms with van der Waals surface area (Å²) in [5.41, 5.74) is 6.28. The minimum absolute atomic E-state index is 0.127. The van der Waals surface area contributed by atoms with Crippen LogP contribution in [0.5, 0.6) is 5.75 Å². The molecule has 2 fully saturated rings. The fourth-order valence-corrected chi connectivity index (χ4v) is 3.65. The molecule has 0 radical (unpaired) electrons. The van der Waals surface area contributed by atoms with Crippen LogP contribution < -0.4 is 10.5 Å². The average molecular weight is 316 g/mol. The third-order valence-electron chi connectivity index (χ3n) is 5.53. The Labute approximate surface area is 139 Å². The zero-order chi connectivity index (χ0) is 16.2. The van der Waals surface area contributed by atoms with Gasteiger partial charge in [-0.2, -0.15) is 0 Å². The van der Waals surface area contributed by atoms with Crippen molar-refractivity contribution in [3.05, 3.63) is 30.3 Å². The number of nitrogens with two attached hydrogens (primary N) is 1. The van der Waals surface area contributed by atoms with E-state index in [2.05, 4.69) is 0 Å². The lowest BCUT2D eigenvalue weighted by atomic mass is 9.81. The molecule has 0 heterocycles. The molecule has 2 aliphatic rings. The van der Waals surface area contributed by atoms with E-state index in [0.29, 0.717) is 12.0 Å². The topological polar surface area (TPSA) is 55.6 Å². The molecule has 0 bridgehead atoms. The first-order chi connectivity index (χ1) is 11.1. The maximum Gasteiger partial charge on any atom is 0.239 e. The maximum absolute atomic E-state index is 12.5. The summed E-state index contributed by atoms with van der Waals surface area (Å²) in [5.74, 6) is 1.35. The number of para-hydroxylation sites is 1. The molecule has 0 saturated heterocycles. The number of ether oxygens (including phenoxy) is 1. The number of carbonyl (C=O) groups excluding carboxylic acids is 1. The largest absolute Gasteiger partial charge is 0.490 e. The van der Waals surface area contributed by atoms with Crippen molar-refractivity contribution >= 4 is 5.91 Å². The van der Waals surface area contributed by atoms with Crippen molar-refractivity contribution in [1.82, 2.24) is 4.90 Å². The predicted octanol–water partition coefficient (Wildman–Crippen LogP) is 2.96. The van der Waals surface area contributed by atoms with Crippen molar-refractivity contribution in [1.29, 1.82) is 0 Å². The summed E-state index contributed by atoms with van der Waals surface area (Å²) in [5, 5.41) is 0. The van der Waals surface area contributed by atoms with Crippen molar-refractivity contribution in [3.63, 3.8) is 0 Å². The first-order valence-electron chi connectivity index (χ1n) is 8.89. The van der Waals surface area contributed by atoms with Gasteiger partial charge in [0.2, 0.25) is 5.91 Å². The summed E-state index contributed by atoms with van der Waals surface area (Å²) in [6, 6.07) is 10.0. The van der Waals surface area contributed by atoms with Gasteiger partial charge in [-0.05, 0) is 63.0 Å². The second kappa shape index (κ2) is 7.35. The highest BCUT2D eigenvalue weighted by atomic mass is 16.5. The number of amides is 1. The first-order valence-corrected chi connectivity index (χ1v) is 8.89. The quantitative estimate of drug-likeness (QED) is 0.908. The van der Waals surface area contributed by atoms with E-state index < -0.39 is 0 Å². The van der Waals surface area contributed by atoms with E-state index in [0.717, 1.165) is 44.3 Å². The van der Waals surface area contributed by atoms with Gasteiger partial charge in [0.25, 0.3) is 0 Å². The van der Waals surface area contributed by atoms with Crippen LogP contribution in [0.15, 0.2) is 30.3 Å². The molecule has 1 amide bonds. The number of rotatable bonds is 5. The second-order valence-corrected chi connectivity index (χ2v) is 7.03. The Morgan fingerprint density at radius 2 is 1.78 bits per heavy atom. The third-order valence-corrected chi connectivity index (χ3v) is 5.53.